The summed E-state index contributed by atoms with van der Waals surface area (Å²) in [5.41, 5.74) is 0.769. The topological polar surface area (TPSA) is 160 Å². The summed E-state index contributed by atoms with van der Waals surface area (Å²) in [5, 5.41) is 21.7. The maximum atomic E-state index is 13.4. The van der Waals surface area contributed by atoms with E-state index in [1.807, 2.05) is 23.0 Å². The van der Waals surface area contributed by atoms with Gasteiger partial charge in [-0.3, -0.25) is 43.3 Å². The van der Waals surface area contributed by atoms with Gasteiger partial charge in [0.25, 0.3) is 5.91 Å². The van der Waals surface area contributed by atoms with Crippen molar-refractivity contribution in [3.8, 4) is 0 Å². The van der Waals surface area contributed by atoms with Crippen LogP contribution in [0.2, 0.25) is 0 Å². The summed E-state index contributed by atoms with van der Waals surface area (Å²) in [4.78, 5) is 59.9. The number of pyridine rings is 1. The van der Waals surface area contributed by atoms with Crippen LogP contribution in [0.5, 0.6) is 0 Å². The maximum absolute atomic E-state index is 13.4. The lowest BCUT2D eigenvalue weighted by atomic mass is 9.85. The Morgan fingerprint density at radius 2 is 1.65 bits per heavy atom. The van der Waals surface area contributed by atoms with E-state index < -0.39 is 35.3 Å². The lowest BCUT2D eigenvalue weighted by Crippen LogP contribution is -2.55. The minimum absolute atomic E-state index is 0.190. The zero-order valence-corrected chi connectivity index (χ0v) is 35.1. The van der Waals surface area contributed by atoms with Crippen molar-refractivity contribution in [3.63, 3.8) is 0 Å². The summed E-state index contributed by atoms with van der Waals surface area (Å²) < 4.78 is 45.1. The first-order valence-corrected chi connectivity index (χ1v) is 21.6. The van der Waals surface area contributed by atoms with Crippen molar-refractivity contribution >= 4 is 45.3 Å². The molecule has 3 saturated heterocycles. The van der Waals surface area contributed by atoms with E-state index in [9.17, 15) is 37.5 Å². The van der Waals surface area contributed by atoms with Gasteiger partial charge in [-0.2, -0.15) is 18.3 Å². The van der Waals surface area contributed by atoms with Crippen LogP contribution in [0.1, 0.15) is 105 Å². The molecule has 9 rings (SSSR count). The molecular formula is C45H52F3N9O5. The Bertz CT molecular complexity index is 2600. The normalized spacial score (nSPS) is 24.0. The number of imidazole rings is 1. The average Bonchev–Trinajstić information content (AvgIpc) is 3.83. The summed E-state index contributed by atoms with van der Waals surface area (Å²) in [6.07, 6.45) is 4.98. The van der Waals surface area contributed by atoms with Gasteiger partial charge in [0.1, 0.15) is 17.4 Å². The standard InChI is InChI=1S/C45H52F3N9O5/c1-44(2,62)32-21-34-28(20-35(32)50-41(59)33-7-5-9-38(49-33)45(46,47)48)23-56(52-34)29-12-10-26(11-13-29)22-55-30-14-15-31(55)25-54(24-30)19-18-27-6-4-8-36-40(27)53(3)43(61)57(36)37-16-17-39(58)51-42(37)60/h4-9,20-21,23,26,29-31,37,62H,10-19,22,24-25H2,1-3H3,(H,50,59)(H,51,58,60)/t26-,29-,30-,31+,37?. The van der Waals surface area contributed by atoms with Crippen molar-refractivity contribution in [3.05, 3.63) is 87.7 Å². The Balaban J connectivity index is 0.814. The van der Waals surface area contributed by atoms with Crippen molar-refractivity contribution in [2.75, 3.05) is 31.5 Å². The van der Waals surface area contributed by atoms with Crippen molar-refractivity contribution < 1.29 is 32.7 Å². The number of piperidine rings is 1. The number of likely N-dealkylation sites (tertiary alicyclic amines) is 1. The number of carbonyl (C=O) groups is 3. The molecule has 4 fully saturated rings. The van der Waals surface area contributed by atoms with Gasteiger partial charge in [0, 0.05) is 74.6 Å². The number of amides is 3. The molecule has 2 aromatic carbocycles. The fraction of sp³-hybridized carbons (Fsp3) is 0.511. The van der Waals surface area contributed by atoms with Crippen molar-refractivity contribution in [2.24, 2.45) is 13.0 Å². The third kappa shape index (κ3) is 8.05. The number of fused-ring (bicyclic) bond motifs is 4. The van der Waals surface area contributed by atoms with E-state index in [2.05, 4.69) is 31.5 Å². The zero-order chi connectivity index (χ0) is 43.7. The van der Waals surface area contributed by atoms with Crippen LogP contribution >= 0.6 is 0 Å². The van der Waals surface area contributed by atoms with Crippen LogP contribution in [0.15, 0.2) is 59.5 Å². The second kappa shape index (κ2) is 16.1. The van der Waals surface area contributed by atoms with Gasteiger partial charge < -0.3 is 10.4 Å². The first-order chi connectivity index (χ1) is 29.5. The Hall–Kier alpha value is -5.39. The number of rotatable bonds is 10. The number of anilines is 1. The van der Waals surface area contributed by atoms with Crippen LogP contribution in [-0.4, -0.2) is 94.8 Å². The molecule has 1 saturated carbocycles. The molecule has 14 nitrogen and oxygen atoms in total. The van der Waals surface area contributed by atoms with Gasteiger partial charge in [-0.25, -0.2) is 9.78 Å². The smallest absolute Gasteiger partial charge is 0.386 e. The van der Waals surface area contributed by atoms with E-state index in [0.717, 1.165) is 92.4 Å². The first-order valence-electron chi connectivity index (χ1n) is 21.6. The highest BCUT2D eigenvalue weighted by atomic mass is 19.4. The van der Waals surface area contributed by atoms with Gasteiger partial charge in [-0.15, -0.1) is 0 Å². The van der Waals surface area contributed by atoms with Crippen LogP contribution in [0.25, 0.3) is 21.9 Å². The zero-order valence-electron chi connectivity index (χ0n) is 35.1. The number of alkyl halides is 3. The summed E-state index contributed by atoms with van der Waals surface area (Å²) in [6, 6.07) is 13.0. The van der Waals surface area contributed by atoms with Crippen molar-refractivity contribution in [1.29, 1.82) is 0 Å². The quantitative estimate of drug-likeness (QED) is 0.150. The number of hydrogen-bond donors (Lipinski definition) is 3. The predicted octanol–water partition coefficient (Wildman–Crippen LogP) is 5.68. The average molecular weight is 856 g/mol. The van der Waals surface area contributed by atoms with E-state index >= 15 is 0 Å². The van der Waals surface area contributed by atoms with Crippen LogP contribution in [-0.2, 0) is 34.8 Å². The number of halogens is 3. The Labute approximate surface area is 356 Å². The van der Waals surface area contributed by atoms with Crippen LogP contribution in [0.4, 0.5) is 18.9 Å². The molecule has 62 heavy (non-hydrogen) atoms. The molecule has 3 aliphatic heterocycles. The van der Waals surface area contributed by atoms with Gasteiger partial charge in [0.2, 0.25) is 11.8 Å². The molecule has 17 heteroatoms. The van der Waals surface area contributed by atoms with Crippen molar-refractivity contribution in [1.82, 2.24) is 39.0 Å². The first kappa shape index (κ1) is 41.9. The molecule has 0 spiro atoms. The van der Waals surface area contributed by atoms with E-state index in [1.54, 1.807) is 42.2 Å². The monoisotopic (exact) mass is 855 g/mol. The Morgan fingerprint density at radius 3 is 2.34 bits per heavy atom. The molecule has 6 heterocycles. The number of aliphatic hydroxyl groups is 1. The molecule has 1 aliphatic carbocycles. The highest BCUT2D eigenvalue weighted by Crippen LogP contribution is 2.39. The molecule has 328 valence electrons. The second-order valence-corrected chi connectivity index (χ2v) is 18.2. The van der Waals surface area contributed by atoms with Gasteiger partial charge in [-0.1, -0.05) is 18.2 Å². The van der Waals surface area contributed by atoms with Crippen molar-refractivity contribution in [2.45, 2.75) is 108 Å². The molecule has 1 unspecified atom stereocenters. The minimum Gasteiger partial charge on any atom is -0.386 e. The lowest BCUT2D eigenvalue weighted by molar-refractivity contribution is -0.141. The number of hydrogen-bond acceptors (Lipinski definition) is 9. The van der Waals surface area contributed by atoms with Crippen LogP contribution in [0.3, 0.4) is 0 Å². The predicted molar refractivity (Wildman–Crippen MR) is 225 cm³/mol. The molecule has 3 aromatic heterocycles. The largest absolute Gasteiger partial charge is 0.433 e. The lowest BCUT2D eigenvalue weighted by Gasteiger charge is -2.43. The van der Waals surface area contributed by atoms with Gasteiger partial charge in [-0.05, 0) is 107 Å². The summed E-state index contributed by atoms with van der Waals surface area (Å²) in [6.45, 7) is 7.12. The molecule has 5 aromatic rings. The fourth-order valence-electron chi connectivity index (χ4n) is 10.5. The fourth-order valence-corrected chi connectivity index (χ4v) is 10.5. The number of aryl methyl sites for hydroxylation is 1. The third-order valence-electron chi connectivity index (χ3n) is 13.6. The SMILES string of the molecule is Cn1c(=O)n(C2CCC(=O)NC2=O)c2cccc(CCN3C[C@H]4CC[C@@H](C3)N4C[C@H]3CC[C@H](n4cc5cc(NC(=O)c6cccc(C(F)(F)F)n6)c(C(C)(C)O)cc5n4)CC3)c21. The number of benzene rings is 2. The highest BCUT2D eigenvalue weighted by molar-refractivity contribution is 6.04. The molecule has 3 amide bonds. The number of nitrogens with one attached hydrogen (secondary N) is 2. The molecule has 0 radical (unpaired) electrons. The Morgan fingerprint density at radius 1 is 0.935 bits per heavy atom. The molecule has 3 atom stereocenters. The molecule has 3 N–H and O–H groups in total. The van der Waals surface area contributed by atoms with Gasteiger partial charge in [0.15, 0.2) is 0 Å². The number of piperazine rings is 1. The molecule has 4 aliphatic rings. The third-order valence-corrected chi connectivity index (χ3v) is 13.6. The number of imide groups is 1. The van der Waals surface area contributed by atoms with E-state index in [1.165, 1.54) is 18.9 Å². The summed E-state index contributed by atoms with van der Waals surface area (Å²) in [7, 11) is 1.75. The summed E-state index contributed by atoms with van der Waals surface area (Å²) >= 11 is 0. The van der Waals surface area contributed by atoms with Gasteiger partial charge in [0.05, 0.1) is 28.2 Å². The van der Waals surface area contributed by atoms with E-state index in [0.29, 0.717) is 35.5 Å². The summed E-state index contributed by atoms with van der Waals surface area (Å²) in [5.74, 6) is -0.980. The number of para-hydroxylation sites is 1. The molecule has 2 bridgehead atoms. The van der Waals surface area contributed by atoms with E-state index in [-0.39, 0.29) is 35.4 Å². The molecular weight excluding hydrogens is 804 g/mol. The van der Waals surface area contributed by atoms with Crippen LogP contribution < -0.4 is 16.3 Å². The van der Waals surface area contributed by atoms with Gasteiger partial charge >= 0.3 is 11.9 Å². The number of nitrogens with zero attached hydrogens (tertiary/aromatic N) is 7. The Kier molecular flexibility index (Phi) is 10.9. The number of aromatic nitrogens is 5. The van der Waals surface area contributed by atoms with E-state index in [4.69, 9.17) is 5.10 Å². The second-order valence-electron chi connectivity index (χ2n) is 18.2. The highest BCUT2D eigenvalue weighted by Gasteiger charge is 2.41. The van der Waals surface area contributed by atoms with Crippen LogP contribution in [0, 0.1) is 5.92 Å². The minimum atomic E-state index is -4.69. The maximum Gasteiger partial charge on any atom is 0.433 e. The number of carbonyl (C=O) groups excluding carboxylic acids is 3.